The lowest BCUT2D eigenvalue weighted by Gasteiger charge is -2.15. The van der Waals surface area contributed by atoms with Gasteiger partial charge in [-0.3, -0.25) is 0 Å². The second kappa shape index (κ2) is 9.58. The minimum Gasteiger partial charge on any atom is -0.496 e. The average Bonchev–Trinajstić information content (AvgIpc) is 3.67. The van der Waals surface area contributed by atoms with E-state index in [1.807, 2.05) is 48.5 Å². The fraction of sp³-hybridized carbons (Fsp3) is 0.0698. The minimum atomic E-state index is 0.0368. The van der Waals surface area contributed by atoms with Gasteiger partial charge in [0.25, 0.3) is 0 Å². The normalized spacial score (nSPS) is 12.9. The Kier molecular flexibility index (Phi) is 5.21. The third-order valence-electron chi connectivity index (χ3n) is 10.2. The summed E-state index contributed by atoms with van der Waals surface area (Å²) < 4.78 is 39.3. The molecule has 0 saturated carbocycles. The summed E-state index contributed by atoms with van der Waals surface area (Å²) >= 11 is 0. The van der Waals surface area contributed by atoms with E-state index in [-0.39, 0.29) is 6.79 Å². The van der Waals surface area contributed by atoms with E-state index in [0.717, 1.165) is 121 Å². The number of fused-ring (bicyclic) bond motifs is 21. The summed E-state index contributed by atoms with van der Waals surface area (Å²) in [6, 6.07) is 37.1. The summed E-state index contributed by atoms with van der Waals surface area (Å²) in [5.41, 5.74) is 4.91. The molecule has 0 bridgehead atoms. The van der Waals surface area contributed by atoms with Gasteiger partial charge in [-0.2, -0.15) is 0 Å². The van der Waals surface area contributed by atoms with Crippen molar-refractivity contribution in [1.29, 1.82) is 0 Å². The Hall–Kier alpha value is -6.40. The van der Waals surface area contributed by atoms with Crippen LogP contribution in [-0.4, -0.2) is 21.0 Å². The summed E-state index contributed by atoms with van der Waals surface area (Å²) in [5, 5.41) is 11.4. The molecule has 49 heavy (non-hydrogen) atoms. The van der Waals surface area contributed by atoms with Crippen LogP contribution < -0.4 is 18.9 Å². The first-order valence-electron chi connectivity index (χ1n) is 16.2. The Morgan fingerprint density at radius 1 is 0.408 bits per heavy atom. The van der Waals surface area contributed by atoms with E-state index in [1.165, 1.54) is 0 Å². The van der Waals surface area contributed by atoms with Gasteiger partial charge in [0.05, 0.1) is 14.2 Å². The highest BCUT2D eigenvalue weighted by molar-refractivity contribution is 6.34. The summed E-state index contributed by atoms with van der Waals surface area (Å²) in [5.74, 6) is 3.01. The van der Waals surface area contributed by atoms with Gasteiger partial charge in [0.15, 0.2) is 0 Å². The molecule has 0 saturated heterocycles. The molecule has 0 unspecified atom stereocenters. The highest BCUT2D eigenvalue weighted by Gasteiger charge is 2.32. The standard InChI is InChI=1S/C43H26O6/c1-44-32-19-30-34-36-37-35-31-20-33(45-2)23-12-4-6-14-25(23)39(31)49-43(35)29-18-10-8-16-27(29)41(37)47-21-46-40(36)26-15-7-9-17-28(26)42(34)48-38(30)24-13-5-3-11-22(24)32/h3-20H,21H2,1-2H3. The van der Waals surface area contributed by atoms with E-state index < -0.39 is 0 Å². The van der Waals surface area contributed by atoms with Crippen LogP contribution in [0.25, 0.3) is 98.1 Å². The predicted octanol–water partition coefficient (Wildman–Crippen LogP) is 11.5. The van der Waals surface area contributed by atoms with Crippen molar-refractivity contribution in [2.24, 2.45) is 0 Å². The SMILES string of the molecule is COc1cc2c(oc3c4ccccc4c4c(c23)-c2c(c3ccccc3c3oc5c6ccccc6c(OC)cc5c23)OCO4)c2ccccc12. The Morgan fingerprint density at radius 2 is 0.755 bits per heavy atom. The first kappa shape index (κ1) is 26.6. The lowest BCUT2D eigenvalue weighted by Crippen LogP contribution is -2.04. The van der Waals surface area contributed by atoms with Crippen molar-refractivity contribution in [2.75, 3.05) is 21.0 Å². The van der Waals surface area contributed by atoms with Gasteiger partial charge in [-0.05, 0) is 12.1 Å². The van der Waals surface area contributed by atoms with Crippen molar-refractivity contribution >= 4 is 87.0 Å². The van der Waals surface area contributed by atoms with E-state index in [1.54, 1.807) is 14.2 Å². The van der Waals surface area contributed by atoms with Crippen LogP contribution in [0.3, 0.4) is 0 Å². The molecule has 0 spiro atoms. The minimum absolute atomic E-state index is 0.0368. The zero-order valence-corrected chi connectivity index (χ0v) is 26.5. The molecule has 10 aromatic rings. The maximum atomic E-state index is 6.97. The molecule has 6 heteroatoms. The molecule has 0 aliphatic carbocycles. The van der Waals surface area contributed by atoms with Crippen molar-refractivity contribution in [3.8, 4) is 34.1 Å². The van der Waals surface area contributed by atoms with Gasteiger partial charge in [-0.1, -0.05) is 97.1 Å². The van der Waals surface area contributed by atoms with Crippen molar-refractivity contribution in [1.82, 2.24) is 0 Å². The smallest absolute Gasteiger partial charge is 0.231 e. The maximum Gasteiger partial charge on any atom is 0.231 e. The van der Waals surface area contributed by atoms with E-state index in [0.29, 0.717) is 0 Å². The molecule has 1 aliphatic rings. The van der Waals surface area contributed by atoms with Crippen molar-refractivity contribution in [3.05, 3.63) is 109 Å². The number of rotatable bonds is 2. The summed E-state index contributed by atoms with van der Waals surface area (Å²) in [4.78, 5) is 0. The Balaban J connectivity index is 1.46. The largest absolute Gasteiger partial charge is 0.496 e. The van der Waals surface area contributed by atoms with E-state index in [2.05, 4.69) is 60.7 Å². The number of ether oxygens (including phenoxy) is 4. The van der Waals surface area contributed by atoms with E-state index in [9.17, 15) is 0 Å². The van der Waals surface area contributed by atoms with Gasteiger partial charge in [0.2, 0.25) is 6.79 Å². The second-order valence-electron chi connectivity index (χ2n) is 12.5. The van der Waals surface area contributed by atoms with Crippen LogP contribution in [0.5, 0.6) is 23.0 Å². The van der Waals surface area contributed by atoms with Crippen LogP contribution in [0.1, 0.15) is 0 Å². The highest BCUT2D eigenvalue weighted by Crippen LogP contribution is 2.58. The fourth-order valence-electron chi connectivity index (χ4n) is 8.17. The lowest BCUT2D eigenvalue weighted by molar-refractivity contribution is 0.128. The molecule has 0 N–H and O–H groups in total. The molecular weight excluding hydrogens is 612 g/mol. The Bertz CT molecular complexity index is 2850. The van der Waals surface area contributed by atoms with Crippen LogP contribution in [0.4, 0.5) is 0 Å². The zero-order chi connectivity index (χ0) is 32.4. The first-order valence-corrected chi connectivity index (χ1v) is 16.2. The number of methoxy groups -OCH3 is 2. The van der Waals surface area contributed by atoms with Crippen molar-refractivity contribution in [2.45, 2.75) is 0 Å². The molecule has 0 atom stereocenters. The lowest BCUT2D eigenvalue weighted by atomic mass is 9.88. The highest BCUT2D eigenvalue weighted by atomic mass is 16.7. The van der Waals surface area contributed by atoms with Gasteiger partial charge < -0.3 is 27.8 Å². The van der Waals surface area contributed by atoms with Crippen LogP contribution in [0.2, 0.25) is 0 Å². The summed E-state index contributed by atoms with van der Waals surface area (Å²) in [6.45, 7) is 0.0368. The van der Waals surface area contributed by atoms with E-state index in [4.69, 9.17) is 27.8 Å². The molecule has 0 amide bonds. The number of benzene rings is 8. The molecule has 11 rings (SSSR count). The Morgan fingerprint density at radius 3 is 1.14 bits per heavy atom. The molecule has 0 fully saturated rings. The molecule has 6 nitrogen and oxygen atoms in total. The molecule has 1 aliphatic heterocycles. The molecule has 0 radical (unpaired) electrons. The van der Waals surface area contributed by atoms with Crippen LogP contribution >= 0.6 is 0 Å². The molecule has 8 aromatic carbocycles. The zero-order valence-electron chi connectivity index (χ0n) is 26.5. The molecule has 234 valence electrons. The summed E-state index contributed by atoms with van der Waals surface area (Å²) in [7, 11) is 3.42. The quantitative estimate of drug-likeness (QED) is 0.188. The Labute approximate surface area is 278 Å². The predicted molar refractivity (Wildman–Crippen MR) is 196 cm³/mol. The number of hydrogen-bond donors (Lipinski definition) is 0. The maximum absolute atomic E-state index is 6.97. The van der Waals surface area contributed by atoms with Gasteiger partial charge in [-0.25, -0.2) is 0 Å². The number of furan rings is 2. The van der Waals surface area contributed by atoms with Gasteiger partial charge in [-0.15, -0.1) is 0 Å². The van der Waals surface area contributed by atoms with E-state index >= 15 is 0 Å². The average molecular weight is 639 g/mol. The molecule has 2 aromatic heterocycles. The third-order valence-corrected chi connectivity index (χ3v) is 10.2. The molecule has 3 heterocycles. The fourth-order valence-corrected chi connectivity index (χ4v) is 8.17. The van der Waals surface area contributed by atoms with Crippen LogP contribution in [0.15, 0.2) is 118 Å². The van der Waals surface area contributed by atoms with Crippen LogP contribution in [0, 0.1) is 0 Å². The van der Waals surface area contributed by atoms with Crippen LogP contribution in [-0.2, 0) is 0 Å². The summed E-state index contributed by atoms with van der Waals surface area (Å²) in [6.07, 6.45) is 0. The monoisotopic (exact) mass is 638 g/mol. The van der Waals surface area contributed by atoms with Gasteiger partial charge >= 0.3 is 0 Å². The van der Waals surface area contributed by atoms with Gasteiger partial charge in [0.1, 0.15) is 45.3 Å². The van der Waals surface area contributed by atoms with Gasteiger partial charge in [0, 0.05) is 75.8 Å². The third kappa shape index (κ3) is 3.35. The first-order chi connectivity index (χ1) is 24.2. The van der Waals surface area contributed by atoms with Crippen molar-refractivity contribution < 1.29 is 27.8 Å². The second-order valence-corrected chi connectivity index (χ2v) is 12.5. The number of hydrogen-bond acceptors (Lipinski definition) is 6. The molecular formula is C43H26O6. The topological polar surface area (TPSA) is 63.2 Å². The van der Waals surface area contributed by atoms with Crippen molar-refractivity contribution in [3.63, 3.8) is 0 Å².